The molecule has 120 valence electrons. The number of aromatic nitrogens is 2. The van der Waals surface area contributed by atoms with E-state index < -0.39 is 0 Å². The molecule has 1 aromatic heterocycles. The van der Waals surface area contributed by atoms with Gasteiger partial charge in [0.15, 0.2) is 0 Å². The number of imidazole rings is 1. The van der Waals surface area contributed by atoms with Crippen molar-refractivity contribution in [2.75, 3.05) is 13.1 Å². The number of nitrogens with zero attached hydrogens (tertiary/aromatic N) is 3. The van der Waals surface area contributed by atoms with Crippen LogP contribution in [0.5, 0.6) is 0 Å². The molecule has 1 saturated heterocycles. The summed E-state index contributed by atoms with van der Waals surface area (Å²) in [4.78, 5) is 19.1. The van der Waals surface area contributed by atoms with Crippen molar-refractivity contribution < 1.29 is 4.79 Å². The molecular formula is C18H27N3O. The summed E-state index contributed by atoms with van der Waals surface area (Å²) in [6.45, 7) is 6.11. The molecule has 4 nitrogen and oxygen atoms in total. The van der Waals surface area contributed by atoms with Crippen LogP contribution in [-0.4, -0.2) is 33.4 Å². The average molecular weight is 301 g/mol. The Labute approximate surface area is 133 Å². The van der Waals surface area contributed by atoms with E-state index in [0.717, 1.165) is 44.6 Å². The van der Waals surface area contributed by atoms with Gasteiger partial charge < -0.3 is 9.47 Å². The Morgan fingerprint density at radius 2 is 2.27 bits per heavy atom. The van der Waals surface area contributed by atoms with E-state index in [2.05, 4.69) is 46.6 Å². The van der Waals surface area contributed by atoms with E-state index >= 15 is 0 Å². The number of rotatable bonds is 4. The molecule has 1 aromatic rings. The van der Waals surface area contributed by atoms with Crippen LogP contribution < -0.4 is 0 Å². The summed E-state index contributed by atoms with van der Waals surface area (Å²) in [5.41, 5.74) is 0. The Morgan fingerprint density at radius 1 is 1.41 bits per heavy atom. The van der Waals surface area contributed by atoms with E-state index in [1.807, 2.05) is 6.20 Å². The molecule has 0 N–H and O–H groups in total. The average Bonchev–Trinajstić information content (AvgIpc) is 3.18. The monoisotopic (exact) mass is 301 g/mol. The number of likely N-dealkylation sites (tertiary alicyclic amines) is 1. The van der Waals surface area contributed by atoms with Crippen molar-refractivity contribution in [2.45, 2.75) is 57.9 Å². The summed E-state index contributed by atoms with van der Waals surface area (Å²) >= 11 is 0. The minimum atomic E-state index is 0.326. The first-order valence-electron chi connectivity index (χ1n) is 8.62. The molecule has 2 aliphatic rings. The lowest BCUT2D eigenvalue weighted by Crippen LogP contribution is -2.41. The number of piperidine rings is 1. The molecule has 1 amide bonds. The number of carbonyl (C=O) groups excluding carboxylic acids is 1. The molecule has 0 radical (unpaired) electrons. The van der Waals surface area contributed by atoms with Gasteiger partial charge in [-0.15, -0.1) is 0 Å². The molecule has 0 unspecified atom stereocenters. The molecule has 1 aliphatic heterocycles. The zero-order valence-corrected chi connectivity index (χ0v) is 13.7. The van der Waals surface area contributed by atoms with E-state index in [4.69, 9.17) is 0 Å². The van der Waals surface area contributed by atoms with Gasteiger partial charge in [-0.05, 0) is 31.6 Å². The van der Waals surface area contributed by atoms with E-state index in [1.165, 1.54) is 0 Å². The van der Waals surface area contributed by atoms with Crippen molar-refractivity contribution in [1.82, 2.24) is 14.5 Å². The first-order valence-corrected chi connectivity index (χ1v) is 8.62. The quantitative estimate of drug-likeness (QED) is 0.798. The van der Waals surface area contributed by atoms with E-state index in [9.17, 15) is 4.79 Å². The van der Waals surface area contributed by atoms with Gasteiger partial charge in [-0.2, -0.15) is 0 Å². The van der Waals surface area contributed by atoms with Gasteiger partial charge in [-0.1, -0.05) is 26.0 Å². The van der Waals surface area contributed by atoms with Crippen molar-refractivity contribution >= 4 is 5.91 Å². The number of amides is 1. The second-order valence-electron chi connectivity index (χ2n) is 6.95. The zero-order chi connectivity index (χ0) is 15.5. The Kier molecular flexibility index (Phi) is 4.65. The van der Waals surface area contributed by atoms with Gasteiger partial charge in [-0.3, -0.25) is 4.79 Å². The fourth-order valence-electron chi connectivity index (χ4n) is 3.71. The first kappa shape index (κ1) is 15.3. The van der Waals surface area contributed by atoms with Gasteiger partial charge in [-0.25, -0.2) is 4.98 Å². The number of allylic oxidation sites excluding steroid dienone is 2. The molecule has 0 bridgehead atoms. The first-order chi connectivity index (χ1) is 10.6. The summed E-state index contributed by atoms with van der Waals surface area (Å²) in [7, 11) is 0. The molecule has 4 heteroatoms. The smallest absolute Gasteiger partial charge is 0.223 e. The lowest BCUT2D eigenvalue weighted by Gasteiger charge is -2.35. The fraction of sp³-hybridized carbons (Fsp3) is 0.667. The predicted molar refractivity (Wildman–Crippen MR) is 87.6 cm³/mol. The highest BCUT2D eigenvalue weighted by Crippen LogP contribution is 2.27. The molecule has 2 atom stereocenters. The second kappa shape index (κ2) is 6.67. The molecule has 2 heterocycles. The zero-order valence-electron chi connectivity index (χ0n) is 13.7. The highest BCUT2D eigenvalue weighted by Gasteiger charge is 2.27. The van der Waals surface area contributed by atoms with Gasteiger partial charge in [0.05, 0.1) is 6.04 Å². The lowest BCUT2D eigenvalue weighted by molar-refractivity contribution is -0.133. The van der Waals surface area contributed by atoms with Crippen LogP contribution in [0.2, 0.25) is 0 Å². The lowest BCUT2D eigenvalue weighted by atomic mass is 10.0. The standard InChI is InChI=1S/C18H27N3O/c1-14(2)18-19-9-11-21(18)16-8-5-10-20(13-16)17(22)12-15-6-3-4-7-15/h3,6,9,11,14-16H,4-5,7-8,10,12-13H2,1-2H3/t15-,16+/m1/s1. The van der Waals surface area contributed by atoms with Crippen LogP contribution in [0.1, 0.15) is 63.7 Å². The van der Waals surface area contributed by atoms with Crippen LogP contribution in [0.4, 0.5) is 0 Å². The van der Waals surface area contributed by atoms with Gasteiger partial charge in [0.2, 0.25) is 5.91 Å². The minimum absolute atomic E-state index is 0.326. The predicted octanol–water partition coefficient (Wildman–Crippen LogP) is 3.53. The fourth-order valence-corrected chi connectivity index (χ4v) is 3.71. The molecule has 0 aromatic carbocycles. The van der Waals surface area contributed by atoms with Gasteiger partial charge in [0.1, 0.15) is 5.82 Å². The van der Waals surface area contributed by atoms with E-state index in [1.54, 1.807) is 0 Å². The Morgan fingerprint density at radius 3 is 3.00 bits per heavy atom. The third kappa shape index (κ3) is 3.26. The van der Waals surface area contributed by atoms with E-state index in [-0.39, 0.29) is 0 Å². The molecule has 3 rings (SSSR count). The van der Waals surface area contributed by atoms with Crippen molar-refractivity contribution in [1.29, 1.82) is 0 Å². The molecule has 1 aliphatic carbocycles. The maximum Gasteiger partial charge on any atom is 0.223 e. The van der Waals surface area contributed by atoms with Crippen LogP contribution >= 0.6 is 0 Å². The molecule has 1 fully saturated rings. The second-order valence-corrected chi connectivity index (χ2v) is 6.95. The minimum Gasteiger partial charge on any atom is -0.341 e. The third-order valence-corrected chi connectivity index (χ3v) is 4.91. The van der Waals surface area contributed by atoms with Crippen molar-refractivity contribution in [3.8, 4) is 0 Å². The maximum atomic E-state index is 12.6. The normalized spacial score (nSPS) is 25.1. The molecule has 0 spiro atoms. The van der Waals surface area contributed by atoms with E-state index in [0.29, 0.717) is 30.2 Å². The van der Waals surface area contributed by atoms with Crippen LogP contribution in [0, 0.1) is 5.92 Å². The van der Waals surface area contributed by atoms with Crippen LogP contribution in [0.15, 0.2) is 24.5 Å². The Hall–Kier alpha value is -1.58. The number of hydrogen-bond acceptors (Lipinski definition) is 2. The Balaban J connectivity index is 1.64. The van der Waals surface area contributed by atoms with Crippen LogP contribution in [-0.2, 0) is 4.79 Å². The van der Waals surface area contributed by atoms with Crippen LogP contribution in [0.3, 0.4) is 0 Å². The highest BCUT2D eigenvalue weighted by molar-refractivity contribution is 5.76. The maximum absolute atomic E-state index is 12.6. The van der Waals surface area contributed by atoms with Crippen molar-refractivity contribution in [3.63, 3.8) is 0 Å². The highest BCUT2D eigenvalue weighted by atomic mass is 16.2. The summed E-state index contributed by atoms with van der Waals surface area (Å²) < 4.78 is 2.29. The van der Waals surface area contributed by atoms with Gasteiger partial charge in [0.25, 0.3) is 0 Å². The van der Waals surface area contributed by atoms with Gasteiger partial charge >= 0.3 is 0 Å². The largest absolute Gasteiger partial charge is 0.341 e. The summed E-state index contributed by atoms with van der Waals surface area (Å²) in [6.07, 6.45) is 13.6. The topological polar surface area (TPSA) is 38.1 Å². The number of hydrogen-bond donors (Lipinski definition) is 0. The summed E-state index contributed by atoms with van der Waals surface area (Å²) in [5.74, 6) is 2.35. The van der Waals surface area contributed by atoms with Crippen molar-refractivity contribution in [3.05, 3.63) is 30.4 Å². The third-order valence-electron chi connectivity index (χ3n) is 4.91. The molecule has 22 heavy (non-hydrogen) atoms. The Bertz CT molecular complexity index is 546. The molecular weight excluding hydrogens is 274 g/mol. The molecule has 0 saturated carbocycles. The van der Waals surface area contributed by atoms with Crippen molar-refractivity contribution in [2.24, 2.45) is 5.92 Å². The number of carbonyl (C=O) groups is 1. The van der Waals surface area contributed by atoms with Crippen LogP contribution in [0.25, 0.3) is 0 Å². The summed E-state index contributed by atoms with van der Waals surface area (Å²) in [6, 6.07) is 0.386. The SMILES string of the molecule is CC(C)c1nccn1[C@H]1CCCN(C(=O)C[C@@H]2C=CCC2)C1. The summed E-state index contributed by atoms with van der Waals surface area (Å²) in [5, 5.41) is 0. The van der Waals surface area contributed by atoms with Gasteiger partial charge in [0, 0.05) is 37.8 Å².